The van der Waals surface area contributed by atoms with Gasteiger partial charge in [0.15, 0.2) is 0 Å². The van der Waals surface area contributed by atoms with Gasteiger partial charge in [-0.15, -0.1) is 0 Å². The lowest BCUT2D eigenvalue weighted by molar-refractivity contribution is 0.243. The molecule has 0 spiro atoms. The van der Waals surface area contributed by atoms with Gasteiger partial charge in [-0.1, -0.05) is 33.6 Å². The first-order chi connectivity index (χ1) is 9.63. The van der Waals surface area contributed by atoms with Crippen molar-refractivity contribution in [1.82, 2.24) is 4.90 Å². The summed E-state index contributed by atoms with van der Waals surface area (Å²) in [5, 5.41) is 0.770. The molecule has 0 aromatic heterocycles. The Morgan fingerprint density at radius 1 is 1.30 bits per heavy atom. The Kier molecular flexibility index (Phi) is 4.71. The molecule has 2 nitrogen and oxygen atoms in total. The molecule has 1 unspecified atom stereocenters. The van der Waals surface area contributed by atoms with E-state index in [4.69, 9.17) is 17.3 Å². The molecule has 4 heteroatoms. The predicted octanol–water partition coefficient (Wildman–Crippen LogP) is 4.37. The molecule has 2 saturated carbocycles. The molecule has 0 saturated heterocycles. The van der Waals surface area contributed by atoms with Crippen LogP contribution in [-0.2, 0) is 0 Å². The number of benzene rings is 1. The van der Waals surface area contributed by atoms with E-state index < -0.39 is 0 Å². The fraction of sp³-hybridized carbons (Fsp3) is 0.625. The summed E-state index contributed by atoms with van der Waals surface area (Å²) in [4.78, 5) is 2.66. The van der Waals surface area contributed by atoms with Gasteiger partial charge >= 0.3 is 0 Å². The smallest absolute Gasteiger partial charge is 0.0464 e. The summed E-state index contributed by atoms with van der Waals surface area (Å²) in [7, 11) is 0. The maximum absolute atomic E-state index is 6.33. The highest BCUT2D eigenvalue weighted by atomic mass is 79.9. The summed E-state index contributed by atoms with van der Waals surface area (Å²) in [6.45, 7) is 2.39. The van der Waals surface area contributed by atoms with Gasteiger partial charge in [0.25, 0.3) is 0 Å². The summed E-state index contributed by atoms with van der Waals surface area (Å²) in [6.07, 6.45) is 6.59. The Morgan fingerprint density at radius 3 is 2.65 bits per heavy atom. The van der Waals surface area contributed by atoms with Crippen LogP contribution in [0.4, 0.5) is 0 Å². The van der Waals surface area contributed by atoms with Crippen LogP contribution in [0, 0.1) is 5.92 Å². The van der Waals surface area contributed by atoms with Crippen LogP contribution in [0.3, 0.4) is 0 Å². The van der Waals surface area contributed by atoms with Crippen LogP contribution in [0.15, 0.2) is 22.7 Å². The molecule has 0 heterocycles. The third-order valence-corrected chi connectivity index (χ3v) is 5.16. The third kappa shape index (κ3) is 3.97. The van der Waals surface area contributed by atoms with Gasteiger partial charge in [-0.2, -0.15) is 0 Å². The summed E-state index contributed by atoms with van der Waals surface area (Å²) < 4.78 is 1.01. The number of hydrogen-bond donors (Lipinski definition) is 1. The molecule has 0 amide bonds. The van der Waals surface area contributed by atoms with Crippen LogP contribution in [0.1, 0.15) is 43.7 Å². The highest BCUT2D eigenvalue weighted by molar-refractivity contribution is 9.10. The number of nitrogens with two attached hydrogens (primary N) is 1. The van der Waals surface area contributed by atoms with Gasteiger partial charge in [-0.3, -0.25) is 0 Å². The highest BCUT2D eigenvalue weighted by Crippen LogP contribution is 2.35. The SMILES string of the molecule is NC(CCN(CC1CC1)C1CC1)c1ccc(Br)cc1Cl. The molecule has 0 aliphatic heterocycles. The summed E-state index contributed by atoms with van der Waals surface area (Å²) in [6, 6.07) is 6.86. The Bertz CT molecular complexity index is 472. The minimum Gasteiger partial charge on any atom is -0.324 e. The molecule has 3 rings (SSSR count). The molecule has 0 bridgehead atoms. The second-order valence-electron chi connectivity index (χ2n) is 6.23. The number of halogens is 2. The maximum atomic E-state index is 6.33. The topological polar surface area (TPSA) is 29.3 Å². The first kappa shape index (κ1) is 14.8. The van der Waals surface area contributed by atoms with Gasteiger partial charge in [-0.05, 0) is 55.7 Å². The van der Waals surface area contributed by atoms with E-state index in [0.717, 1.165) is 40.0 Å². The van der Waals surface area contributed by atoms with Crippen LogP contribution < -0.4 is 5.73 Å². The van der Waals surface area contributed by atoms with Crippen molar-refractivity contribution in [2.75, 3.05) is 13.1 Å². The highest BCUT2D eigenvalue weighted by Gasteiger charge is 2.33. The summed E-state index contributed by atoms with van der Waals surface area (Å²) in [5.41, 5.74) is 7.40. The standard InChI is InChI=1S/C16H22BrClN2/c17-12-3-6-14(15(18)9-12)16(19)7-8-20(13-4-5-13)10-11-1-2-11/h3,6,9,11,13,16H,1-2,4-5,7-8,10,19H2. The second kappa shape index (κ2) is 6.35. The van der Waals surface area contributed by atoms with Gasteiger partial charge in [0, 0.05) is 34.7 Å². The fourth-order valence-electron chi connectivity index (χ4n) is 2.76. The number of nitrogens with zero attached hydrogens (tertiary/aromatic N) is 1. The first-order valence-corrected chi connectivity index (χ1v) is 8.75. The van der Waals surface area contributed by atoms with Crippen molar-refractivity contribution in [2.24, 2.45) is 11.7 Å². The van der Waals surface area contributed by atoms with E-state index in [1.807, 2.05) is 18.2 Å². The van der Waals surface area contributed by atoms with E-state index in [1.54, 1.807) is 0 Å². The van der Waals surface area contributed by atoms with E-state index in [1.165, 1.54) is 32.2 Å². The van der Waals surface area contributed by atoms with Crippen molar-refractivity contribution in [3.63, 3.8) is 0 Å². The average molecular weight is 358 g/mol. The number of hydrogen-bond acceptors (Lipinski definition) is 2. The fourth-order valence-corrected chi connectivity index (χ4v) is 3.57. The molecule has 110 valence electrons. The van der Waals surface area contributed by atoms with Crippen LogP contribution in [0.25, 0.3) is 0 Å². The van der Waals surface area contributed by atoms with Crippen LogP contribution in [-0.4, -0.2) is 24.0 Å². The van der Waals surface area contributed by atoms with Crippen molar-refractivity contribution >= 4 is 27.5 Å². The molecular formula is C16H22BrClN2. The molecule has 1 aromatic rings. The monoisotopic (exact) mass is 356 g/mol. The molecule has 20 heavy (non-hydrogen) atoms. The molecule has 1 aromatic carbocycles. The van der Waals surface area contributed by atoms with Crippen molar-refractivity contribution in [1.29, 1.82) is 0 Å². The minimum absolute atomic E-state index is 0.0380. The Balaban J connectivity index is 1.55. The van der Waals surface area contributed by atoms with E-state index in [9.17, 15) is 0 Å². The summed E-state index contributed by atoms with van der Waals surface area (Å²) in [5.74, 6) is 0.961. The maximum Gasteiger partial charge on any atom is 0.0464 e. The van der Waals surface area contributed by atoms with Crippen molar-refractivity contribution in [3.8, 4) is 0 Å². The Labute approximate surface area is 134 Å². The zero-order valence-electron chi connectivity index (χ0n) is 11.7. The lowest BCUT2D eigenvalue weighted by Crippen LogP contribution is -2.31. The number of rotatable bonds is 7. The lowest BCUT2D eigenvalue weighted by atomic mass is 10.0. The Morgan fingerprint density at radius 2 is 2.05 bits per heavy atom. The largest absolute Gasteiger partial charge is 0.324 e. The van der Waals surface area contributed by atoms with E-state index >= 15 is 0 Å². The van der Waals surface area contributed by atoms with Gasteiger partial charge in [-0.25, -0.2) is 0 Å². The zero-order valence-corrected chi connectivity index (χ0v) is 14.0. The van der Waals surface area contributed by atoms with Crippen LogP contribution in [0.2, 0.25) is 5.02 Å². The minimum atomic E-state index is 0.0380. The van der Waals surface area contributed by atoms with Crippen molar-refractivity contribution < 1.29 is 0 Å². The van der Waals surface area contributed by atoms with Gasteiger partial charge in [0.05, 0.1) is 0 Å². The van der Waals surface area contributed by atoms with E-state index in [0.29, 0.717) is 0 Å². The third-order valence-electron chi connectivity index (χ3n) is 4.34. The van der Waals surface area contributed by atoms with Crippen molar-refractivity contribution in [3.05, 3.63) is 33.3 Å². The van der Waals surface area contributed by atoms with Crippen LogP contribution in [0.5, 0.6) is 0 Å². The molecular weight excluding hydrogens is 336 g/mol. The summed E-state index contributed by atoms with van der Waals surface area (Å²) >= 11 is 9.72. The van der Waals surface area contributed by atoms with E-state index in [-0.39, 0.29) is 6.04 Å². The van der Waals surface area contributed by atoms with Gasteiger partial charge in [0.2, 0.25) is 0 Å². The average Bonchev–Trinajstić information content (AvgIpc) is 3.26. The predicted molar refractivity (Wildman–Crippen MR) is 88.0 cm³/mol. The molecule has 0 radical (unpaired) electrons. The quantitative estimate of drug-likeness (QED) is 0.785. The normalized spacial score (nSPS) is 20.4. The van der Waals surface area contributed by atoms with Gasteiger partial charge in [0.1, 0.15) is 0 Å². The Hall–Kier alpha value is -0.0900. The molecule has 2 N–H and O–H groups in total. The molecule has 2 aliphatic rings. The lowest BCUT2D eigenvalue weighted by Gasteiger charge is -2.24. The van der Waals surface area contributed by atoms with Crippen LogP contribution >= 0.6 is 27.5 Å². The molecule has 2 aliphatic carbocycles. The zero-order chi connectivity index (χ0) is 14.1. The van der Waals surface area contributed by atoms with Gasteiger partial charge < -0.3 is 10.6 Å². The second-order valence-corrected chi connectivity index (χ2v) is 7.55. The molecule has 2 fully saturated rings. The van der Waals surface area contributed by atoms with E-state index in [2.05, 4.69) is 20.8 Å². The van der Waals surface area contributed by atoms with Crippen molar-refractivity contribution in [2.45, 2.75) is 44.2 Å². The molecule has 1 atom stereocenters. The first-order valence-electron chi connectivity index (χ1n) is 7.58.